The Balaban J connectivity index is 2.28. The summed E-state index contributed by atoms with van der Waals surface area (Å²) in [6.07, 6.45) is 1.14. The van der Waals surface area contributed by atoms with Gasteiger partial charge in [0.2, 0.25) is 0 Å². The molecule has 0 amide bonds. The van der Waals surface area contributed by atoms with Gasteiger partial charge in [-0.25, -0.2) is 0 Å². The van der Waals surface area contributed by atoms with E-state index in [0.717, 1.165) is 19.5 Å². The number of rotatable bonds is 0. The van der Waals surface area contributed by atoms with Crippen LogP contribution in [-0.4, -0.2) is 19.1 Å². The van der Waals surface area contributed by atoms with Crippen LogP contribution in [0.2, 0.25) is 0 Å². The van der Waals surface area contributed by atoms with Crippen molar-refractivity contribution in [2.45, 2.75) is 19.4 Å². The van der Waals surface area contributed by atoms with Gasteiger partial charge in [-0.3, -0.25) is 0 Å². The second kappa shape index (κ2) is 2.46. The molecule has 0 aromatic rings. The largest absolute Gasteiger partial charge is 0.327 e. The van der Waals surface area contributed by atoms with Crippen LogP contribution in [0.15, 0.2) is 0 Å². The molecule has 1 rings (SSSR count). The lowest BCUT2D eigenvalue weighted by molar-refractivity contribution is 0.349. The summed E-state index contributed by atoms with van der Waals surface area (Å²) in [5.74, 6) is 0.670. The van der Waals surface area contributed by atoms with Crippen LogP contribution in [0.3, 0.4) is 0 Å². The molecule has 0 spiro atoms. The summed E-state index contributed by atoms with van der Waals surface area (Å²) in [6.45, 7) is 4.39. The first kappa shape index (κ1) is 6.05. The summed E-state index contributed by atoms with van der Waals surface area (Å²) in [4.78, 5) is 0. The molecule has 1 saturated heterocycles. The van der Waals surface area contributed by atoms with Gasteiger partial charge < -0.3 is 11.1 Å². The van der Waals surface area contributed by atoms with Gasteiger partial charge in [-0.2, -0.15) is 0 Å². The number of piperidine rings is 1. The molecule has 2 nitrogen and oxygen atoms in total. The number of nitrogens with two attached hydrogens (primary N) is 1. The minimum absolute atomic E-state index is 0.441. The van der Waals surface area contributed by atoms with E-state index in [-0.39, 0.29) is 0 Å². The van der Waals surface area contributed by atoms with E-state index in [0.29, 0.717) is 12.0 Å². The molecule has 8 heavy (non-hydrogen) atoms. The van der Waals surface area contributed by atoms with Gasteiger partial charge in [-0.05, 0) is 25.4 Å². The lowest BCUT2D eigenvalue weighted by Crippen LogP contribution is -2.43. The van der Waals surface area contributed by atoms with Crippen LogP contribution < -0.4 is 11.1 Å². The van der Waals surface area contributed by atoms with E-state index >= 15 is 0 Å². The highest BCUT2D eigenvalue weighted by molar-refractivity contribution is 4.76. The van der Waals surface area contributed by atoms with Crippen LogP contribution in [0.1, 0.15) is 13.3 Å². The highest BCUT2D eigenvalue weighted by Gasteiger charge is 2.15. The molecule has 1 aliphatic rings. The topological polar surface area (TPSA) is 38.0 Å². The zero-order chi connectivity index (χ0) is 5.98. The maximum atomic E-state index is 5.74. The van der Waals surface area contributed by atoms with Crippen molar-refractivity contribution in [3.05, 3.63) is 0 Å². The third-order valence-electron chi connectivity index (χ3n) is 1.85. The van der Waals surface area contributed by atoms with Crippen molar-refractivity contribution in [2.75, 3.05) is 13.1 Å². The van der Waals surface area contributed by atoms with Crippen molar-refractivity contribution in [2.24, 2.45) is 11.7 Å². The fourth-order valence-electron chi connectivity index (χ4n) is 1.03. The predicted octanol–water partition coefficient (Wildman–Crippen LogP) is -0.0569. The lowest BCUT2D eigenvalue weighted by Gasteiger charge is -2.25. The van der Waals surface area contributed by atoms with Crippen molar-refractivity contribution < 1.29 is 0 Å². The Hall–Kier alpha value is -0.0800. The van der Waals surface area contributed by atoms with Gasteiger partial charge in [0.15, 0.2) is 0 Å². The standard InChI is InChI=1S/C6H14N2/c1-5-4-8-3-2-6(5)7/h5-6,8H,2-4,7H2,1H3/t5-,6+/m0/s1. The van der Waals surface area contributed by atoms with Crippen LogP contribution in [0.5, 0.6) is 0 Å². The van der Waals surface area contributed by atoms with Crippen molar-refractivity contribution in [1.82, 2.24) is 5.32 Å². The van der Waals surface area contributed by atoms with E-state index in [1.165, 1.54) is 0 Å². The van der Waals surface area contributed by atoms with Crippen molar-refractivity contribution in [3.63, 3.8) is 0 Å². The van der Waals surface area contributed by atoms with Gasteiger partial charge >= 0.3 is 0 Å². The van der Waals surface area contributed by atoms with Crippen LogP contribution >= 0.6 is 0 Å². The van der Waals surface area contributed by atoms with E-state index in [2.05, 4.69) is 12.2 Å². The average molecular weight is 114 g/mol. The second-order valence-corrected chi connectivity index (χ2v) is 2.63. The Morgan fingerprint density at radius 1 is 1.62 bits per heavy atom. The third kappa shape index (κ3) is 1.20. The molecular formula is C6H14N2. The van der Waals surface area contributed by atoms with E-state index in [1.54, 1.807) is 0 Å². The molecule has 0 bridgehead atoms. The fraction of sp³-hybridized carbons (Fsp3) is 1.00. The van der Waals surface area contributed by atoms with Crippen LogP contribution in [0.4, 0.5) is 0 Å². The summed E-state index contributed by atoms with van der Waals surface area (Å²) < 4.78 is 0. The highest BCUT2D eigenvalue weighted by Crippen LogP contribution is 2.06. The Labute approximate surface area is 50.4 Å². The van der Waals surface area contributed by atoms with Crippen LogP contribution in [0, 0.1) is 5.92 Å². The van der Waals surface area contributed by atoms with Gasteiger partial charge in [0.1, 0.15) is 0 Å². The zero-order valence-corrected chi connectivity index (χ0v) is 5.35. The Morgan fingerprint density at radius 3 is 2.75 bits per heavy atom. The maximum absolute atomic E-state index is 5.74. The molecular weight excluding hydrogens is 100 g/mol. The van der Waals surface area contributed by atoms with E-state index in [4.69, 9.17) is 5.73 Å². The minimum atomic E-state index is 0.441. The van der Waals surface area contributed by atoms with Gasteiger partial charge in [0, 0.05) is 6.04 Å². The summed E-state index contributed by atoms with van der Waals surface area (Å²) in [7, 11) is 0. The molecule has 3 N–H and O–H groups in total. The molecule has 2 heteroatoms. The Bertz CT molecular complexity index is 62.9. The minimum Gasteiger partial charge on any atom is -0.327 e. The molecule has 1 fully saturated rings. The molecule has 0 radical (unpaired) electrons. The van der Waals surface area contributed by atoms with Gasteiger partial charge in [0.05, 0.1) is 0 Å². The molecule has 1 aliphatic heterocycles. The van der Waals surface area contributed by atoms with Crippen molar-refractivity contribution in [1.29, 1.82) is 0 Å². The Morgan fingerprint density at radius 2 is 2.38 bits per heavy atom. The van der Waals surface area contributed by atoms with Crippen molar-refractivity contribution in [3.8, 4) is 0 Å². The number of nitrogens with one attached hydrogen (secondary N) is 1. The van der Waals surface area contributed by atoms with Crippen molar-refractivity contribution >= 4 is 0 Å². The molecule has 48 valence electrons. The molecule has 0 aliphatic carbocycles. The first-order valence-corrected chi connectivity index (χ1v) is 3.27. The van der Waals surface area contributed by atoms with E-state index < -0.39 is 0 Å². The summed E-state index contributed by atoms with van der Waals surface area (Å²) >= 11 is 0. The first-order chi connectivity index (χ1) is 3.80. The van der Waals surface area contributed by atoms with E-state index in [1.807, 2.05) is 0 Å². The van der Waals surface area contributed by atoms with Crippen LogP contribution in [-0.2, 0) is 0 Å². The molecule has 0 aromatic carbocycles. The quantitative estimate of drug-likeness (QED) is 0.463. The van der Waals surface area contributed by atoms with Crippen LogP contribution in [0.25, 0.3) is 0 Å². The summed E-state index contributed by atoms with van der Waals surface area (Å²) in [6, 6.07) is 0.441. The second-order valence-electron chi connectivity index (χ2n) is 2.63. The normalized spacial score (nSPS) is 39.8. The molecule has 1 heterocycles. The lowest BCUT2D eigenvalue weighted by atomic mass is 9.97. The average Bonchev–Trinajstić information content (AvgIpc) is 1.77. The fourth-order valence-corrected chi connectivity index (χ4v) is 1.03. The molecule has 2 atom stereocenters. The third-order valence-corrected chi connectivity index (χ3v) is 1.85. The molecule has 0 aromatic heterocycles. The number of hydrogen-bond donors (Lipinski definition) is 2. The van der Waals surface area contributed by atoms with E-state index in [9.17, 15) is 0 Å². The first-order valence-electron chi connectivity index (χ1n) is 3.27. The maximum Gasteiger partial charge on any atom is 0.00887 e. The van der Waals surface area contributed by atoms with Gasteiger partial charge in [-0.1, -0.05) is 6.92 Å². The monoisotopic (exact) mass is 114 g/mol. The SMILES string of the molecule is C[C@H]1CNCC[C@H]1N. The highest BCUT2D eigenvalue weighted by atomic mass is 14.9. The van der Waals surface area contributed by atoms with Gasteiger partial charge in [0.25, 0.3) is 0 Å². The van der Waals surface area contributed by atoms with Gasteiger partial charge in [-0.15, -0.1) is 0 Å². The molecule has 0 saturated carbocycles. The summed E-state index contributed by atoms with van der Waals surface area (Å²) in [5.41, 5.74) is 5.74. The zero-order valence-electron chi connectivity index (χ0n) is 5.35. The number of hydrogen-bond acceptors (Lipinski definition) is 2. The Kier molecular flexibility index (Phi) is 1.86. The molecule has 0 unspecified atom stereocenters. The smallest absolute Gasteiger partial charge is 0.00887 e. The summed E-state index contributed by atoms with van der Waals surface area (Å²) in [5, 5.41) is 3.28. The predicted molar refractivity (Wildman–Crippen MR) is 34.6 cm³/mol.